The minimum Gasteiger partial charge on any atom is -0.456 e. The molecule has 0 fully saturated rings. The molecule has 0 aromatic carbocycles. The Hall–Kier alpha value is 0.233. The SMILES string of the molecule is CCOC(C)C(OCC)(OCC)C(=O)OC(C)(C)C.[Zr]. The molecule has 0 aliphatic carbocycles. The molecule has 0 saturated heterocycles. The molecule has 6 heteroatoms. The van der Waals surface area contributed by atoms with E-state index in [-0.39, 0.29) is 26.2 Å². The van der Waals surface area contributed by atoms with Crippen LogP contribution in [0.1, 0.15) is 48.5 Å². The van der Waals surface area contributed by atoms with Gasteiger partial charge in [-0.2, -0.15) is 0 Å². The molecule has 0 aromatic heterocycles. The first kappa shape index (κ1) is 22.5. The second kappa shape index (κ2) is 10.0. The third-order valence-electron chi connectivity index (χ3n) is 2.35. The number of ether oxygens (including phenoxy) is 4. The van der Waals surface area contributed by atoms with Gasteiger partial charge in [0.05, 0.1) is 0 Å². The molecule has 0 rings (SSSR count). The third-order valence-corrected chi connectivity index (χ3v) is 2.35. The average molecular weight is 368 g/mol. The molecule has 0 radical (unpaired) electrons. The molecule has 0 N–H and O–H groups in total. The first-order chi connectivity index (χ1) is 8.73. The van der Waals surface area contributed by atoms with Gasteiger partial charge in [-0.05, 0) is 48.5 Å². The summed E-state index contributed by atoms with van der Waals surface area (Å²) in [5.74, 6) is -2.06. The topological polar surface area (TPSA) is 54.0 Å². The summed E-state index contributed by atoms with van der Waals surface area (Å²) in [5.41, 5.74) is -0.609. The summed E-state index contributed by atoms with van der Waals surface area (Å²) in [6.07, 6.45) is -0.549. The summed E-state index contributed by atoms with van der Waals surface area (Å²) in [6, 6.07) is 0. The number of hydrogen-bond donors (Lipinski definition) is 0. The van der Waals surface area contributed by atoms with Gasteiger partial charge < -0.3 is 18.9 Å². The van der Waals surface area contributed by atoms with Crippen molar-refractivity contribution in [2.45, 2.75) is 66.0 Å². The van der Waals surface area contributed by atoms with Crippen LogP contribution in [0.5, 0.6) is 0 Å². The van der Waals surface area contributed by atoms with Crippen LogP contribution in [0.2, 0.25) is 0 Å². The summed E-state index contributed by atoms with van der Waals surface area (Å²) in [6.45, 7) is 13.7. The number of esters is 1. The molecule has 0 aromatic rings. The predicted molar refractivity (Wildman–Crippen MR) is 72.9 cm³/mol. The number of hydrogen-bond acceptors (Lipinski definition) is 5. The minimum absolute atomic E-state index is 0. The van der Waals surface area contributed by atoms with Crippen LogP contribution in [-0.4, -0.2) is 43.3 Å². The molecule has 1 atom stereocenters. The molecule has 0 bridgehead atoms. The average Bonchev–Trinajstić information content (AvgIpc) is 2.26. The van der Waals surface area contributed by atoms with Crippen LogP contribution in [0.3, 0.4) is 0 Å². The van der Waals surface area contributed by atoms with Gasteiger partial charge in [0.25, 0.3) is 5.79 Å². The number of carbonyl (C=O) groups excluding carboxylic acids is 1. The Morgan fingerprint density at radius 3 is 1.75 bits per heavy atom. The molecular weight excluding hydrogens is 339 g/mol. The zero-order chi connectivity index (χ0) is 15.1. The fraction of sp³-hybridized carbons (Fsp3) is 0.929. The van der Waals surface area contributed by atoms with E-state index in [0.29, 0.717) is 19.8 Å². The normalized spacial score (nSPS) is 13.6. The van der Waals surface area contributed by atoms with Crippen LogP contribution >= 0.6 is 0 Å². The quantitative estimate of drug-likeness (QED) is 0.487. The van der Waals surface area contributed by atoms with Crippen molar-refractivity contribution in [1.29, 1.82) is 0 Å². The smallest absolute Gasteiger partial charge is 0.370 e. The molecule has 0 aliphatic rings. The summed E-state index contributed by atoms with van der Waals surface area (Å²) >= 11 is 0. The fourth-order valence-electron chi connectivity index (χ4n) is 1.70. The van der Waals surface area contributed by atoms with Crippen LogP contribution < -0.4 is 0 Å². The van der Waals surface area contributed by atoms with Gasteiger partial charge in [-0.3, -0.25) is 0 Å². The molecule has 118 valence electrons. The van der Waals surface area contributed by atoms with Gasteiger partial charge in [0.1, 0.15) is 11.7 Å². The van der Waals surface area contributed by atoms with Crippen molar-refractivity contribution >= 4 is 5.97 Å². The Labute approximate surface area is 141 Å². The van der Waals surface area contributed by atoms with E-state index in [0.717, 1.165) is 0 Å². The molecular formula is C14H28O5Zr. The summed E-state index contributed by atoms with van der Waals surface area (Å²) < 4.78 is 22.0. The monoisotopic (exact) mass is 366 g/mol. The molecule has 20 heavy (non-hydrogen) atoms. The molecule has 5 nitrogen and oxygen atoms in total. The first-order valence-corrected chi connectivity index (χ1v) is 6.86. The van der Waals surface area contributed by atoms with E-state index in [4.69, 9.17) is 18.9 Å². The van der Waals surface area contributed by atoms with Crippen LogP contribution in [0.25, 0.3) is 0 Å². The van der Waals surface area contributed by atoms with Crippen molar-refractivity contribution in [3.8, 4) is 0 Å². The maximum atomic E-state index is 12.4. The second-order valence-corrected chi connectivity index (χ2v) is 5.13. The predicted octanol–water partition coefficient (Wildman–Crippen LogP) is 2.52. The summed E-state index contributed by atoms with van der Waals surface area (Å²) in [7, 11) is 0. The van der Waals surface area contributed by atoms with E-state index in [2.05, 4.69) is 0 Å². The Kier molecular flexibility index (Phi) is 11.3. The van der Waals surface area contributed by atoms with Gasteiger partial charge in [0.15, 0.2) is 0 Å². The van der Waals surface area contributed by atoms with Gasteiger partial charge in [-0.15, -0.1) is 0 Å². The van der Waals surface area contributed by atoms with Crippen LogP contribution in [-0.2, 0) is 49.9 Å². The molecule has 0 spiro atoms. The summed E-state index contributed by atoms with van der Waals surface area (Å²) in [4.78, 5) is 12.4. The number of rotatable bonds is 8. The zero-order valence-electron chi connectivity index (χ0n) is 13.7. The van der Waals surface area contributed by atoms with Crippen molar-refractivity contribution in [3.63, 3.8) is 0 Å². The van der Waals surface area contributed by atoms with E-state index in [1.54, 1.807) is 41.5 Å². The van der Waals surface area contributed by atoms with Gasteiger partial charge in [0, 0.05) is 46.0 Å². The molecule has 0 aliphatic heterocycles. The zero-order valence-corrected chi connectivity index (χ0v) is 16.2. The van der Waals surface area contributed by atoms with Crippen molar-refractivity contribution in [2.75, 3.05) is 19.8 Å². The van der Waals surface area contributed by atoms with Crippen molar-refractivity contribution in [2.24, 2.45) is 0 Å². The van der Waals surface area contributed by atoms with Gasteiger partial charge in [0.2, 0.25) is 0 Å². The summed E-state index contributed by atoms with van der Waals surface area (Å²) in [5, 5.41) is 0. The van der Waals surface area contributed by atoms with E-state index < -0.39 is 23.5 Å². The van der Waals surface area contributed by atoms with Crippen LogP contribution in [0.4, 0.5) is 0 Å². The standard InChI is InChI=1S/C14H28O5.Zr/c1-8-16-11(4)14(17-9-2,18-10-3)12(15)19-13(5,6)7;/h11H,8-10H2,1-7H3;. The Morgan fingerprint density at radius 1 is 1.00 bits per heavy atom. The van der Waals surface area contributed by atoms with E-state index in [9.17, 15) is 4.79 Å². The van der Waals surface area contributed by atoms with Crippen molar-refractivity contribution in [3.05, 3.63) is 0 Å². The van der Waals surface area contributed by atoms with E-state index in [1.807, 2.05) is 6.92 Å². The Morgan fingerprint density at radius 2 is 1.45 bits per heavy atom. The third kappa shape index (κ3) is 6.79. The molecule has 0 amide bonds. The molecule has 1 unspecified atom stereocenters. The Balaban J connectivity index is 0. The first-order valence-electron chi connectivity index (χ1n) is 6.86. The second-order valence-electron chi connectivity index (χ2n) is 5.13. The maximum Gasteiger partial charge on any atom is 0.370 e. The van der Waals surface area contributed by atoms with Gasteiger partial charge in [-0.25, -0.2) is 4.79 Å². The van der Waals surface area contributed by atoms with E-state index in [1.165, 1.54) is 0 Å². The maximum absolute atomic E-state index is 12.4. The van der Waals surface area contributed by atoms with Crippen molar-refractivity contribution in [1.82, 2.24) is 0 Å². The number of carbonyl (C=O) groups is 1. The minimum atomic E-state index is -1.51. The largest absolute Gasteiger partial charge is 0.456 e. The van der Waals surface area contributed by atoms with Gasteiger partial charge >= 0.3 is 5.97 Å². The fourth-order valence-corrected chi connectivity index (χ4v) is 1.70. The molecule has 0 heterocycles. The van der Waals surface area contributed by atoms with Crippen LogP contribution in [0.15, 0.2) is 0 Å². The van der Waals surface area contributed by atoms with E-state index >= 15 is 0 Å². The molecule has 0 saturated carbocycles. The van der Waals surface area contributed by atoms with Gasteiger partial charge in [-0.1, -0.05) is 0 Å². The van der Waals surface area contributed by atoms with Crippen LogP contribution in [0, 0.1) is 0 Å². The Bertz CT molecular complexity index is 269. The van der Waals surface area contributed by atoms with Crippen molar-refractivity contribution < 1.29 is 49.9 Å².